The zero-order valence-electron chi connectivity index (χ0n) is 10.3. The van der Waals surface area contributed by atoms with Crippen molar-refractivity contribution in [2.24, 2.45) is 0 Å². The average molecular weight is 256 g/mol. The van der Waals surface area contributed by atoms with Gasteiger partial charge in [0.25, 0.3) is 5.91 Å². The Kier molecular flexibility index (Phi) is 2.99. The number of nitrogens with zero attached hydrogens (tertiary/aromatic N) is 1. The summed E-state index contributed by atoms with van der Waals surface area (Å²) in [7, 11) is 0. The van der Waals surface area contributed by atoms with Crippen molar-refractivity contribution in [3.05, 3.63) is 65.2 Å². The molecule has 96 valence electrons. The minimum Gasteiger partial charge on any atom is -0.344 e. The Hall–Kier alpha value is -2.23. The molecule has 0 fully saturated rings. The summed E-state index contributed by atoms with van der Waals surface area (Å²) in [4.78, 5) is 15.6. The fourth-order valence-electron chi connectivity index (χ4n) is 2.47. The number of amides is 1. The zero-order valence-corrected chi connectivity index (χ0v) is 10.3. The average Bonchev–Trinajstić information content (AvgIpc) is 2.82. The minimum absolute atomic E-state index is 0.00577. The molecular formula is C15H13FN2O. The Bertz CT molecular complexity index is 627. The highest BCUT2D eigenvalue weighted by molar-refractivity contribution is 5.92. The summed E-state index contributed by atoms with van der Waals surface area (Å²) in [5, 5.41) is 2.91. The van der Waals surface area contributed by atoms with Crippen LogP contribution in [0.25, 0.3) is 0 Å². The third-order valence-electron chi connectivity index (χ3n) is 3.39. The maximum atomic E-state index is 13.0. The van der Waals surface area contributed by atoms with E-state index in [0.717, 1.165) is 18.4 Å². The number of rotatable bonds is 2. The maximum Gasteiger partial charge on any atom is 0.270 e. The Labute approximate surface area is 110 Å². The second kappa shape index (κ2) is 4.80. The van der Waals surface area contributed by atoms with Crippen molar-refractivity contribution >= 4 is 5.91 Å². The van der Waals surface area contributed by atoms with Gasteiger partial charge in [-0.3, -0.25) is 4.79 Å². The number of aromatic nitrogens is 1. The van der Waals surface area contributed by atoms with Gasteiger partial charge in [-0.25, -0.2) is 4.98 Å². The van der Waals surface area contributed by atoms with Gasteiger partial charge in [-0.05, 0) is 36.1 Å². The van der Waals surface area contributed by atoms with Crippen LogP contribution >= 0.6 is 0 Å². The maximum absolute atomic E-state index is 13.0. The molecule has 1 unspecified atom stereocenters. The summed E-state index contributed by atoms with van der Waals surface area (Å²) in [5.41, 5.74) is 2.52. The molecule has 1 atom stereocenters. The predicted octanol–water partition coefficient (Wildman–Crippen LogP) is 2.64. The van der Waals surface area contributed by atoms with E-state index >= 15 is 0 Å². The van der Waals surface area contributed by atoms with Gasteiger partial charge in [-0.1, -0.05) is 30.3 Å². The van der Waals surface area contributed by atoms with E-state index in [0.29, 0.717) is 0 Å². The third kappa shape index (κ3) is 2.34. The molecule has 3 nitrogen and oxygen atoms in total. The molecule has 1 heterocycles. The highest BCUT2D eigenvalue weighted by atomic mass is 19.1. The van der Waals surface area contributed by atoms with Crippen LogP contribution in [0.2, 0.25) is 0 Å². The Morgan fingerprint density at radius 3 is 2.89 bits per heavy atom. The molecule has 1 amide bonds. The van der Waals surface area contributed by atoms with Crippen LogP contribution in [0.1, 0.15) is 34.1 Å². The number of hydrogen-bond acceptors (Lipinski definition) is 2. The van der Waals surface area contributed by atoms with Gasteiger partial charge in [0.1, 0.15) is 5.69 Å². The van der Waals surface area contributed by atoms with E-state index in [2.05, 4.69) is 16.4 Å². The number of fused-ring (bicyclic) bond motifs is 1. The summed E-state index contributed by atoms with van der Waals surface area (Å²) in [6, 6.07) is 12.3. The summed E-state index contributed by atoms with van der Waals surface area (Å²) >= 11 is 0. The van der Waals surface area contributed by atoms with E-state index in [9.17, 15) is 9.18 Å². The van der Waals surface area contributed by atoms with Crippen molar-refractivity contribution in [2.45, 2.75) is 18.9 Å². The molecule has 1 aliphatic rings. The third-order valence-corrected chi connectivity index (χ3v) is 3.39. The fraction of sp³-hybridized carbons (Fsp3) is 0.200. The molecular weight excluding hydrogens is 243 g/mol. The first-order valence-corrected chi connectivity index (χ1v) is 6.25. The molecule has 1 aromatic heterocycles. The molecule has 0 saturated heterocycles. The molecule has 1 N–H and O–H groups in total. The lowest BCUT2D eigenvalue weighted by molar-refractivity contribution is 0.0930. The number of carbonyl (C=O) groups is 1. The molecule has 1 aliphatic carbocycles. The summed E-state index contributed by atoms with van der Waals surface area (Å²) < 4.78 is 13.0. The highest BCUT2D eigenvalue weighted by Gasteiger charge is 2.24. The van der Waals surface area contributed by atoms with Gasteiger partial charge in [0, 0.05) is 0 Å². The quantitative estimate of drug-likeness (QED) is 0.839. The van der Waals surface area contributed by atoms with Crippen LogP contribution in [0.15, 0.2) is 42.5 Å². The topological polar surface area (TPSA) is 42.0 Å². The molecule has 0 saturated carbocycles. The van der Waals surface area contributed by atoms with Crippen molar-refractivity contribution in [3.63, 3.8) is 0 Å². The molecule has 2 aromatic rings. The molecule has 0 aliphatic heterocycles. The largest absolute Gasteiger partial charge is 0.344 e. The lowest BCUT2D eigenvalue weighted by atomic mass is 10.1. The normalized spacial score (nSPS) is 17.0. The van der Waals surface area contributed by atoms with E-state index < -0.39 is 5.95 Å². The van der Waals surface area contributed by atoms with E-state index in [1.54, 1.807) is 0 Å². The standard InChI is InChI=1S/C15H13FN2O/c16-14-7-3-6-13(17-14)15(19)18-12-9-8-10-4-1-2-5-11(10)12/h1-7,12H,8-9H2,(H,18,19). The smallest absolute Gasteiger partial charge is 0.270 e. The second-order valence-corrected chi connectivity index (χ2v) is 4.61. The molecule has 0 radical (unpaired) electrons. The van der Waals surface area contributed by atoms with E-state index in [1.807, 2.05) is 18.2 Å². The van der Waals surface area contributed by atoms with E-state index in [-0.39, 0.29) is 17.6 Å². The summed E-state index contributed by atoms with van der Waals surface area (Å²) in [5.74, 6) is -0.972. The lowest BCUT2D eigenvalue weighted by Crippen LogP contribution is -2.28. The molecule has 0 spiro atoms. The van der Waals surface area contributed by atoms with Gasteiger partial charge in [0.2, 0.25) is 5.95 Å². The molecule has 3 rings (SSSR count). The van der Waals surface area contributed by atoms with Crippen molar-refractivity contribution in [1.29, 1.82) is 0 Å². The number of hydrogen-bond donors (Lipinski definition) is 1. The van der Waals surface area contributed by atoms with Gasteiger partial charge >= 0.3 is 0 Å². The molecule has 19 heavy (non-hydrogen) atoms. The first-order chi connectivity index (χ1) is 9.24. The minimum atomic E-state index is -0.639. The molecule has 1 aromatic carbocycles. The van der Waals surface area contributed by atoms with Crippen LogP contribution in [0, 0.1) is 5.95 Å². The SMILES string of the molecule is O=C(NC1CCc2ccccc21)c1cccc(F)n1. The number of halogens is 1. The zero-order chi connectivity index (χ0) is 13.2. The number of carbonyl (C=O) groups excluding carboxylic acids is 1. The van der Waals surface area contributed by atoms with E-state index in [1.165, 1.54) is 23.8 Å². The van der Waals surface area contributed by atoms with Gasteiger partial charge in [-0.2, -0.15) is 4.39 Å². The summed E-state index contributed by atoms with van der Waals surface area (Å²) in [6.45, 7) is 0. The number of aryl methyl sites for hydroxylation is 1. The van der Waals surface area contributed by atoms with Crippen molar-refractivity contribution in [3.8, 4) is 0 Å². The van der Waals surface area contributed by atoms with Crippen LogP contribution in [0.5, 0.6) is 0 Å². The van der Waals surface area contributed by atoms with Gasteiger partial charge in [-0.15, -0.1) is 0 Å². The van der Waals surface area contributed by atoms with Crippen molar-refractivity contribution in [1.82, 2.24) is 10.3 Å². The fourth-order valence-corrected chi connectivity index (χ4v) is 2.47. The van der Waals surface area contributed by atoms with Gasteiger partial charge in [0.15, 0.2) is 0 Å². The van der Waals surface area contributed by atoms with Crippen molar-refractivity contribution in [2.75, 3.05) is 0 Å². The van der Waals surface area contributed by atoms with Crippen LogP contribution in [0.4, 0.5) is 4.39 Å². The predicted molar refractivity (Wildman–Crippen MR) is 69.2 cm³/mol. The van der Waals surface area contributed by atoms with Gasteiger partial charge in [0.05, 0.1) is 6.04 Å². The monoisotopic (exact) mass is 256 g/mol. The second-order valence-electron chi connectivity index (χ2n) is 4.61. The van der Waals surface area contributed by atoms with Crippen LogP contribution in [-0.4, -0.2) is 10.9 Å². The Balaban J connectivity index is 1.78. The lowest BCUT2D eigenvalue weighted by Gasteiger charge is -2.13. The highest BCUT2D eigenvalue weighted by Crippen LogP contribution is 2.30. The van der Waals surface area contributed by atoms with Crippen LogP contribution in [0.3, 0.4) is 0 Å². The number of benzene rings is 1. The number of pyridine rings is 1. The van der Waals surface area contributed by atoms with Crippen molar-refractivity contribution < 1.29 is 9.18 Å². The molecule has 0 bridgehead atoms. The van der Waals surface area contributed by atoms with Crippen LogP contribution < -0.4 is 5.32 Å². The first-order valence-electron chi connectivity index (χ1n) is 6.25. The Morgan fingerprint density at radius 2 is 2.05 bits per heavy atom. The van der Waals surface area contributed by atoms with Gasteiger partial charge < -0.3 is 5.32 Å². The Morgan fingerprint density at radius 1 is 1.21 bits per heavy atom. The number of nitrogens with one attached hydrogen (secondary N) is 1. The molecule has 4 heteroatoms. The van der Waals surface area contributed by atoms with Crippen LogP contribution in [-0.2, 0) is 6.42 Å². The first kappa shape index (κ1) is 11.8. The summed E-state index contributed by atoms with van der Waals surface area (Å²) in [6.07, 6.45) is 1.83. The van der Waals surface area contributed by atoms with E-state index in [4.69, 9.17) is 0 Å².